The second-order valence-electron chi connectivity index (χ2n) is 5.44. The van der Waals surface area contributed by atoms with E-state index in [0.29, 0.717) is 10.4 Å². The van der Waals surface area contributed by atoms with Crippen molar-refractivity contribution in [3.8, 4) is 0 Å². The van der Waals surface area contributed by atoms with E-state index in [-0.39, 0.29) is 5.91 Å². The molecule has 7 heteroatoms. The molecule has 0 aliphatic carbocycles. The van der Waals surface area contributed by atoms with Crippen molar-refractivity contribution in [3.63, 3.8) is 0 Å². The summed E-state index contributed by atoms with van der Waals surface area (Å²) in [5.41, 5.74) is 2.90. The first-order valence-electron chi connectivity index (χ1n) is 7.53. The van der Waals surface area contributed by atoms with Crippen LogP contribution < -0.4 is 10.2 Å². The van der Waals surface area contributed by atoms with Gasteiger partial charge < -0.3 is 19.9 Å². The number of hydrogen-bond acceptors (Lipinski definition) is 5. The van der Waals surface area contributed by atoms with Crippen molar-refractivity contribution in [2.45, 2.75) is 13.3 Å². The summed E-state index contributed by atoms with van der Waals surface area (Å²) >= 11 is 6.56. The smallest absolute Gasteiger partial charge is 0.229 e. The number of ether oxygens (including phenoxy) is 1. The first-order chi connectivity index (χ1) is 11.1. The van der Waals surface area contributed by atoms with Crippen molar-refractivity contribution in [2.75, 3.05) is 36.5 Å². The molecule has 2 N–H and O–H groups in total. The molecule has 0 bridgehead atoms. The Bertz CT molecular complexity index is 748. The van der Waals surface area contributed by atoms with E-state index in [0.717, 1.165) is 48.2 Å². The van der Waals surface area contributed by atoms with E-state index < -0.39 is 0 Å². The van der Waals surface area contributed by atoms with Crippen LogP contribution >= 0.6 is 23.6 Å². The van der Waals surface area contributed by atoms with Gasteiger partial charge in [-0.1, -0.05) is 6.07 Å². The van der Waals surface area contributed by atoms with Gasteiger partial charge in [0, 0.05) is 35.0 Å². The van der Waals surface area contributed by atoms with Crippen molar-refractivity contribution < 1.29 is 9.53 Å². The van der Waals surface area contributed by atoms with Crippen molar-refractivity contribution in [3.05, 3.63) is 38.8 Å². The highest BCUT2D eigenvalue weighted by molar-refractivity contribution is 7.73. The SMILES string of the molecule is Cc1[nH]c(=S)sc1CC(=O)Nc1cccc(N2CCOCC2)c1. The van der Waals surface area contributed by atoms with E-state index in [1.165, 1.54) is 11.3 Å². The summed E-state index contributed by atoms with van der Waals surface area (Å²) in [7, 11) is 0. The summed E-state index contributed by atoms with van der Waals surface area (Å²) < 4.78 is 6.08. The third-order valence-corrected chi connectivity index (χ3v) is 5.09. The second-order valence-corrected chi connectivity index (χ2v) is 7.21. The number of morpholine rings is 1. The molecule has 3 rings (SSSR count). The summed E-state index contributed by atoms with van der Waals surface area (Å²) in [6.07, 6.45) is 0.339. The summed E-state index contributed by atoms with van der Waals surface area (Å²) in [4.78, 5) is 18.6. The highest BCUT2D eigenvalue weighted by atomic mass is 32.1. The zero-order valence-electron chi connectivity index (χ0n) is 12.9. The third-order valence-electron chi connectivity index (χ3n) is 3.75. The number of anilines is 2. The molecule has 1 saturated heterocycles. The van der Waals surface area contributed by atoms with Crippen LogP contribution in [-0.4, -0.2) is 37.2 Å². The zero-order valence-corrected chi connectivity index (χ0v) is 14.6. The highest BCUT2D eigenvalue weighted by Gasteiger charge is 2.13. The summed E-state index contributed by atoms with van der Waals surface area (Å²) in [5, 5.41) is 2.97. The number of carbonyl (C=O) groups is 1. The van der Waals surface area contributed by atoms with Crippen LogP contribution in [0.3, 0.4) is 0 Å². The molecular weight excluding hydrogens is 330 g/mol. The van der Waals surface area contributed by atoms with Gasteiger partial charge in [-0.3, -0.25) is 4.79 Å². The lowest BCUT2D eigenvalue weighted by Crippen LogP contribution is -2.36. The molecule has 0 saturated carbocycles. The Hall–Kier alpha value is -1.70. The molecule has 0 spiro atoms. The molecule has 2 aromatic rings. The van der Waals surface area contributed by atoms with E-state index in [1.54, 1.807) is 0 Å². The summed E-state index contributed by atoms with van der Waals surface area (Å²) in [6, 6.07) is 7.94. The quantitative estimate of drug-likeness (QED) is 0.833. The van der Waals surface area contributed by atoms with Gasteiger partial charge >= 0.3 is 0 Å². The van der Waals surface area contributed by atoms with Crippen LogP contribution in [0.5, 0.6) is 0 Å². The minimum atomic E-state index is -0.0301. The predicted octanol–water partition coefficient (Wildman–Crippen LogP) is 3.13. The second kappa shape index (κ2) is 7.25. The largest absolute Gasteiger partial charge is 0.378 e. The van der Waals surface area contributed by atoms with Crippen molar-refractivity contribution in [1.29, 1.82) is 0 Å². The normalized spacial score (nSPS) is 14.7. The molecule has 1 fully saturated rings. The van der Waals surface area contributed by atoms with E-state index in [2.05, 4.69) is 21.3 Å². The van der Waals surface area contributed by atoms with Crippen LogP contribution in [0, 0.1) is 10.9 Å². The molecule has 1 amide bonds. The molecule has 0 radical (unpaired) electrons. The number of aromatic amines is 1. The van der Waals surface area contributed by atoms with Gasteiger partial charge in [0.1, 0.15) is 0 Å². The summed E-state index contributed by atoms with van der Waals surface area (Å²) in [5.74, 6) is -0.0301. The van der Waals surface area contributed by atoms with Crippen molar-refractivity contribution >= 4 is 40.8 Å². The van der Waals surface area contributed by atoms with Crippen LogP contribution in [0.2, 0.25) is 0 Å². The predicted molar refractivity (Wildman–Crippen MR) is 96.0 cm³/mol. The fourth-order valence-corrected chi connectivity index (χ4v) is 3.85. The Kier molecular flexibility index (Phi) is 5.09. The van der Waals surface area contributed by atoms with E-state index in [9.17, 15) is 4.79 Å². The van der Waals surface area contributed by atoms with E-state index >= 15 is 0 Å². The van der Waals surface area contributed by atoms with Crippen molar-refractivity contribution in [2.24, 2.45) is 0 Å². The van der Waals surface area contributed by atoms with Gasteiger partial charge in [0.25, 0.3) is 0 Å². The Morgan fingerprint density at radius 2 is 2.22 bits per heavy atom. The Morgan fingerprint density at radius 3 is 2.91 bits per heavy atom. The van der Waals surface area contributed by atoms with Crippen LogP contribution in [0.25, 0.3) is 0 Å². The molecule has 1 aromatic heterocycles. The lowest BCUT2D eigenvalue weighted by Gasteiger charge is -2.29. The third kappa shape index (κ3) is 4.19. The molecule has 5 nitrogen and oxygen atoms in total. The number of benzene rings is 1. The number of hydrogen-bond donors (Lipinski definition) is 2. The Balaban J connectivity index is 1.66. The highest BCUT2D eigenvalue weighted by Crippen LogP contribution is 2.21. The van der Waals surface area contributed by atoms with Crippen molar-refractivity contribution in [1.82, 2.24) is 4.98 Å². The molecule has 2 heterocycles. The lowest BCUT2D eigenvalue weighted by molar-refractivity contribution is -0.115. The topological polar surface area (TPSA) is 57.4 Å². The molecule has 1 aliphatic rings. The van der Waals surface area contributed by atoms with Gasteiger partial charge in [0.15, 0.2) is 3.95 Å². The number of amides is 1. The number of nitrogens with one attached hydrogen (secondary N) is 2. The standard InChI is InChI=1S/C16H19N3O2S2/c1-11-14(23-16(22)17-11)10-15(20)18-12-3-2-4-13(9-12)19-5-7-21-8-6-19/h2-4,9H,5-8,10H2,1H3,(H,17,22)(H,18,20). The Morgan fingerprint density at radius 1 is 1.43 bits per heavy atom. The zero-order chi connectivity index (χ0) is 16.2. The molecule has 1 aliphatic heterocycles. The molecule has 0 unspecified atom stereocenters. The molecule has 0 atom stereocenters. The van der Waals surface area contributed by atoms with Crippen LogP contribution in [0.15, 0.2) is 24.3 Å². The van der Waals surface area contributed by atoms with Crippen LogP contribution in [0.4, 0.5) is 11.4 Å². The number of aromatic nitrogens is 1. The minimum absolute atomic E-state index is 0.0301. The number of thiazole rings is 1. The minimum Gasteiger partial charge on any atom is -0.378 e. The monoisotopic (exact) mass is 349 g/mol. The van der Waals surface area contributed by atoms with Gasteiger partial charge in [-0.15, -0.1) is 11.3 Å². The van der Waals surface area contributed by atoms with Crippen LogP contribution in [0.1, 0.15) is 10.6 Å². The first kappa shape index (κ1) is 16.2. The maximum Gasteiger partial charge on any atom is 0.229 e. The van der Waals surface area contributed by atoms with E-state index in [4.69, 9.17) is 17.0 Å². The number of carbonyl (C=O) groups excluding carboxylic acids is 1. The van der Waals surface area contributed by atoms with Gasteiger partial charge in [-0.25, -0.2) is 0 Å². The maximum atomic E-state index is 12.2. The molecule has 23 heavy (non-hydrogen) atoms. The summed E-state index contributed by atoms with van der Waals surface area (Å²) in [6.45, 7) is 5.18. The number of H-pyrrole nitrogens is 1. The Labute approximate surface area is 144 Å². The van der Waals surface area contributed by atoms with E-state index in [1.807, 2.05) is 25.1 Å². The first-order valence-corrected chi connectivity index (χ1v) is 8.75. The molecule has 122 valence electrons. The maximum absolute atomic E-state index is 12.2. The number of rotatable bonds is 4. The average molecular weight is 349 g/mol. The van der Waals surface area contributed by atoms with Gasteiger partial charge in [-0.05, 0) is 37.3 Å². The lowest BCUT2D eigenvalue weighted by atomic mass is 10.2. The molecule has 1 aromatic carbocycles. The van der Waals surface area contributed by atoms with Gasteiger partial charge in [0.05, 0.1) is 19.6 Å². The van der Waals surface area contributed by atoms with Crippen LogP contribution in [-0.2, 0) is 16.0 Å². The number of aryl methyl sites for hydroxylation is 1. The van der Waals surface area contributed by atoms with Gasteiger partial charge in [0.2, 0.25) is 5.91 Å². The fourth-order valence-electron chi connectivity index (χ4n) is 2.56. The average Bonchev–Trinajstić information content (AvgIpc) is 2.86. The number of nitrogens with zero attached hydrogens (tertiary/aromatic N) is 1. The fraction of sp³-hybridized carbons (Fsp3) is 0.375. The van der Waals surface area contributed by atoms with Gasteiger partial charge in [-0.2, -0.15) is 0 Å². The molecular formula is C16H19N3O2S2.